The first-order valence-corrected chi connectivity index (χ1v) is 4.30. The predicted octanol–water partition coefficient (Wildman–Crippen LogP) is 0.811. The molecule has 1 rings (SSSR count). The molecule has 1 heterocycles. The molecule has 0 aliphatic carbocycles. The zero-order valence-electron chi connectivity index (χ0n) is 7.51. The van der Waals surface area contributed by atoms with Crippen molar-refractivity contribution in [2.24, 2.45) is 0 Å². The quantitative estimate of drug-likeness (QED) is 0.572. The largest absolute Gasteiger partial charge is 0.378 e. The highest BCUT2D eigenvalue weighted by Crippen LogP contribution is 2.05. The summed E-state index contributed by atoms with van der Waals surface area (Å²) in [6, 6.07) is 0. The standard InChI is InChI=1S/C9H15NO2/c1-3-8(2)9(11)10-4-6-12-7-5-10/h2-7H2,1H3. The van der Waals surface area contributed by atoms with E-state index in [9.17, 15) is 4.79 Å². The number of carbonyl (C=O) groups is 1. The minimum Gasteiger partial charge on any atom is -0.378 e. The van der Waals surface area contributed by atoms with Crippen LogP contribution in [-0.2, 0) is 9.53 Å². The third kappa shape index (κ3) is 2.08. The van der Waals surface area contributed by atoms with E-state index in [1.807, 2.05) is 6.92 Å². The van der Waals surface area contributed by atoms with Crippen molar-refractivity contribution in [3.63, 3.8) is 0 Å². The van der Waals surface area contributed by atoms with Gasteiger partial charge in [-0.3, -0.25) is 4.79 Å². The number of amides is 1. The highest BCUT2D eigenvalue weighted by molar-refractivity contribution is 5.92. The fraction of sp³-hybridized carbons (Fsp3) is 0.667. The van der Waals surface area contributed by atoms with Crippen LogP contribution in [0.1, 0.15) is 13.3 Å². The van der Waals surface area contributed by atoms with Crippen molar-refractivity contribution in [3.8, 4) is 0 Å². The van der Waals surface area contributed by atoms with Gasteiger partial charge in [-0.1, -0.05) is 13.5 Å². The predicted molar refractivity (Wildman–Crippen MR) is 46.8 cm³/mol. The molecule has 0 aromatic carbocycles. The molecular weight excluding hydrogens is 154 g/mol. The van der Waals surface area contributed by atoms with Crippen molar-refractivity contribution < 1.29 is 9.53 Å². The molecule has 0 N–H and O–H groups in total. The minimum atomic E-state index is 0.0841. The Hall–Kier alpha value is -0.830. The van der Waals surface area contributed by atoms with Crippen molar-refractivity contribution >= 4 is 5.91 Å². The molecule has 1 fully saturated rings. The molecule has 0 spiro atoms. The van der Waals surface area contributed by atoms with Gasteiger partial charge < -0.3 is 9.64 Å². The van der Waals surface area contributed by atoms with Gasteiger partial charge in [0, 0.05) is 18.7 Å². The SMILES string of the molecule is C=C(CC)C(=O)N1CCOCC1. The minimum absolute atomic E-state index is 0.0841. The molecule has 1 saturated heterocycles. The van der Waals surface area contributed by atoms with Gasteiger partial charge in [0.05, 0.1) is 13.2 Å². The molecule has 0 aromatic heterocycles. The lowest BCUT2D eigenvalue weighted by atomic mass is 10.2. The molecule has 0 bridgehead atoms. The van der Waals surface area contributed by atoms with Gasteiger partial charge in [0.1, 0.15) is 0 Å². The van der Waals surface area contributed by atoms with Crippen LogP contribution in [0.15, 0.2) is 12.2 Å². The normalized spacial score (nSPS) is 17.6. The Labute approximate surface area is 73.0 Å². The zero-order valence-corrected chi connectivity index (χ0v) is 7.51. The molecule has 0 aromatic rings. The average molecular weight is 169 g/mol. The van der Waals surface area contributed by atoms with Gasteiger partial charge in [0.25, 0.3) is 0 Å². The van der Waals surface area contributed by atoms with E-state index in [0.717, 1.165) is 6.42 Å². The van der Waals surface area contributed by atoms with E-state index in [1.54, 1.807) is 4.90 Å². The fourth-order valence-corrected chi connectivity index (χ4v) is 1.14. The lowest BCUT2D eigenvalue weighted by molar-refractivity contribution is -0.131. The topological polar surface area (TPSA) is 29.5 Å². The van der Waals surface area contributed by atoms with Gasteiger partial charge in [0.2, 0.25) is 5.91 Å². The fourth-order valence-electron chi connectivity index (χ4n) is 1.14. The van der Waals surface area contributed by atoms with Crippen LogP contribution in [-0.4, -0.2) is 37.1 Å². The van der Waals surface area contributed by atoms with E-state index in [4.69, 9.17) is 4.74 Å². The van der Waals surface area contributed by atoms with Crippen molar-refractivity contribution in [1.82, 2.24) is 4.90 Å². The maximum absolute atomic E-state index is 11.5. The molecule has 0 saturated carbocycles. The van der Waals surface area contributed by atoms with Crippen LogP contribution in [0.5, 0.6) is 0 Å². The van der Waals surface area contributed by atoms with Crippen molar-refractivity contribution in [2.45, 2.75) is 13.3 Å². The summed E-state index contributed by atoms with van der Waals surface area (Å²) < 4.78 is 5.14. The van der Waals surface area contributed by atoms with E-state index >= 15 is 0 Å². The Morgan fingerprint density at radius 3 is 2.58 bits per heavy atom. The number of morpholine rings is 1. The summed E-state index contributed by atoms with van der Waals surface area (Å²) >= 11 is 0. The molecular formula is C9H15NO2. The summed E-state index contributed by atoms with van der Waals surface area (Å²) in [5.74, 6) is 0.0841. The molecule has 1 aliphatic heterocycles. The summed E-state index contributed by atoms with van der Waals surface area (Å²) in [5, 5.41) is 0. The molecule has 0 radical (unpaired) electrons. The average Bonchev–Trinajstić information content (AvgIpc) is 2.17. The summed E-state index contributed by atoms with van der Waals surface area (Å²) in [7, 11) is 0. The first-order valence-electron chi connectivity index (χ1n) is 4.30. The first-order chi connectivity index (χ1) is 5.75. The van der Waals surface area contributed by atoms with Gasteiger partial charge in [-0.05, 0) is 6.42 Å². The van der Waals surface area contributed by atoms with Crippen LogP contribution in [0.2, 0.25) is 0 Å². The number of hydrogen-bond donors (Lipinski definition) is 0. The molecule has 1 aliphatic rings. The van der Waals surface area contributed by atoms with Gasteiger partial charge >= 0.3 is 0 Å². The highest BCUT2D eigenvalue weighted by atomic mass is 16.5. The Kier molecular flexibility index (Phi) is 3.29. The summed E-state index contributed by atoms with van der Waals surface area (Å²) in [4.78, 5) is 13.3. The van der Waals surface area contributed by atoms with E-state index in [2.05, 4.69) is 6.58 Å². The van der Waals surface area contributed by atoms with Crippen LogP contribution in [0.25, 0.3) is 0 Å². The van der Waals surface area contributed by atoms with Gasteiger partial charge in [-0.25, -0.2) is 0 Å². The zero-order chi connectivity index (χ0) is 8.97. The van der Waals surface area contributed by atoms with Crippen LogP contribution in [0, 0.1) is 0 Å². The first kappa shape index (κ1) is 9.26. The number of nitrogens with zero attached hydrogens (tertiary/aromatic N) is 1. The van der Waals surface area contributed by atoms with Gasteiger partial charge in [-0.15, -0.1) is 0 Å². The van der Waals surface area contributed by atoms with E-state index < -0.39 is 0 Å². The molecule has 3 nitrogen and oxygen atoms in total. The van der Waals surface area contributed by atoms with Crippen molar-refractivity contribution in [1.29, 1.82) is 0 Å². The number of ether oxygens (including phenoxy) is 1. The van der Waals surface area contributed by atoms with E-state index in [1.165, 1.54) is 0 Å². The monoisotopic (exact) mass is 169 g/mol. The second-order valence-corrected chi connectivity index (χ2v) is 2.86. The molecule has 0 atom stereocenters. The van der Waals surface area contributed by atoms with Crippen LogP contribution in [0.3, 0.4) is 0 Å². The lowest BCUT2D eigenvalue weighted by Gasteiger charge is -2.27. The number of rotatable bonds is 2. The van der Waals surface area contributed by atoms with Crippen LogP contribution >= 0.6 is 0 Å². The summed E-state index contributed by atoms with van der Waals surface area (Å²) in [5.41, 5.74) is 0.692. The van der Waals surface area contributed by atoms with Crippen LogP contribution in [0.4, 0.5) is 0 Å². The van der Waals surface area contributed by atoms with Gasteiger partial charge in [-0.2, -0.15) is 0 Å². The second-order valence-electron chi connectivity index (χ2n) is 2.86. The number of carbonyl (C=O) groups excluding carboxylic acids is 1. The van der Waals surface area contributed by atoms with Crippen LogP contribution < -0.4 is 0 Å². The van der Waals surface area contributed by atoms with E-state index in [0.29, 0.717) is 31.9 Å². The molecule has 12 heavy (non-hydrogen) atoms. The Morgan fingerprint density at radius 1 is 1.50 bits per heavy atom. The third-order valence-electron chi connectivity index (χ3n) is 2.03. The third-order valence-corrected chi connectivity index (χ3v) is 2.03. The molecule has 3 heteroatoms. The maximum atomic E-state index is 11.5. The molecule has 1 amide bonds. The highest BCUT2D eigenvalue weighted by Gasteiger charge is 2.17. The molecule has 0 unspecified atom stereocenters. The Bertz CT molecular complexity index is 183. The maximum Gasteiger partial charge on any atom is 0.249 e. The smallest absolute Gasteiger partial charge is 0.249 e. The summed E-state index contributed by atoms with van der Waals surface area (Å²) in [6.07, 6.45) is 0.732. The van der Waals surface area contributed by atoms with Gasteiger partial charge in [0.15, 0.2) is 0 Å². The lowest BCUT2D eigenvalue weighted by Crippen LogP contribution is -2.41. The number of hydrogen-bond acceptors (Lipinski definition) is 2. The second kappa shape index (κ2) is 4.26. The summed E-state index contributed by atoms with van der Waals surface area (Å²) in [6.45, 7) is 8.38. The van der Waals surface area contributed by atoms with Crippen molar-refractivity contribution in [2.75, 3.05) is 26.3 Å². The molecule has 68 valence electrons. The van der Waals surface area contributed by atoms with Crippen molar-refractivity contribution in [3.05, 3.63) is 12.2 Å². The van der Waals surface area contributed by atoms with E-state index in [-0.39, 0.29) is 5.91 Å². The Morgan fingerprint density at radius 2 is 2.08 bits per heavy atom. The Balaban J connectivity index is 2.45.